The largest absolute Gasteiger partial charge is 0.493 e. The minimum Gasteiger partial charge on any atom is -0.493 e. The average molecular weight is 515 g/mol. The van der Waals surface area contributed by atoms with E-state index in [0.29, 0.717) is 18.7 Å². The van der Waals surface area contributed by atoms with E-state index in [9.17, 15) is 4.39 Å². The van der Waals surface area contributed by atoms with Crippen LogP contribution in [0.4, 0.5) is 10.1 Å². The fourth-order valence-corrected chi connectivity index (χ4v) is 5.70. The number of alkyl halides is 1. The molecule has 0 spiro atoms. The summed E-state index contributed by atoms with van der Waals surface area (Å²) in [7, 11) is 0. The molecule has 2 aliphatic rings. The van der Waals surface area contributed by atoms with Crippen molar-refractivity contribution in [1.82, 2.24) is 4.90 Å². The van der Waals surface area contributed by atoms with Crippen molar-refractivity contribution in [3.63, 3.8) is 0 Å². The molecule has 1 atom stereocenters. The Morgan fingerprint density at radius 1 is 1.05 bits per heavy atom. The van der Waals surface area contributed by atoms with E-state index in [4.69, 9.17) is 15.2 Å². The van der Waals surface area contributed by atoms with E-state index in [2.05, 4.69) is 67.3 Å². The second-order valence-corrected chi connectivity index (χ2v) is 10.5. The first kappa shape index (κ1) is 26.3. The Morgan fingerprint density at radius 3 is 2.66 bits per heavy atom. The molecule has 0 aliphatic carbocycles. The third kappa shape index (κ3) is 5.88. The summed E-state index contributed by atoms with van der Waals surface area (Å²) in [5, 5.41) is 0. The van der Waals surface area contributed by atoms with E-state index in [1.54, 1.807) is 0 Å². The molecule has 2 N–H and O–H groups in total. The van der Waals surface area contributed by atoms with Gasteiger partial charge < -0.3 is 15.2 Å². The number of anilines is 1. The number of likely N-dealkylation sites (tertiary alicyclic amines) is 1. The lowest BCUT2D eigenvalue weighted by atomic mass is 9.86. The number of benzene rings is 3. The van der Waals surface area contributed by atoms with Gasteiger partial charge in [0.15, 0.2) is 0 Å². The van der Waals surface area contributed by atoms with Crippen LogP contribution in [-0.2, 0) is 6.42 Å². The highest BCUT2D eigenvalue weighted by Gasteiger charge is 2.25. The monoisotopic (exact) mass is 514 g/mol. The van der Waals surface area contributed by atoms with E-state index < -0.39 is 0 Å². The molecule has 0 saturated carbocycles. The SMILES string of the molecule is CCCc1cc(C2=C(c3ccc(OC4CCN(CCCF)C4)cc3)c3ccc(N)cc3OCC2)ccc1C. The molecule has 0 amide bonds. The lowest BCUT2D eigenvalue weighted by molar-refractivity contribution is 0.198. The molecule has 1 saturated heterocycles. The van der Waals surface area contributed by atoms with Gasteiger partial charge in [0.2, 0.25) is 0 Å². The molecule has 3 aromatic rings. The summed E-state index contributed by atoms with van der Waals surface area (Å²) < 4.78 is 25.1. The minimum absolute atomic E-state index is 0.148. The average Bonchev–Trinajstić information content (AvgIpc) is 3.28. The maximum absolute atomic E-state index is 12.6. The second kappa shape index (κ2) is 12.0. The van der Waals surface area contributed by atoms with Crippen LogP contribution in [0.15, 0.2) is 60.7 Å². The number of hydrogen-bond acceptors (Lipinski definition) is 4. The summed E-state index contributed by atoms with van der Waals surface area (Å²) in [6, 6.07) is 21.3. The summed E-state index contributed by atoms with van der Waals surface area (Å²) in [5.74, 6) is 1.70. The zero-order valence-electron chi connectivity index (χ0n) is 22.6. The van der Waals surface area contributed by atoms with Gasteiger partial charge >= 0.3 is 0 Å². The smallest absolute Gasteiger partial charge is 0.129 e. The van der Waals surface area contributed by atoms with Crippen LogP contribution < -0.4 is 15.2 Å². The van der Waals surface area contributed by atoms with E-state index >= 15 is 0 Å². The number of fused-ring (bicyclic) bond motifs is 1. The van der Waals surface area contributed by atoms with Crippen LogP contribution in [0.25, 0.3) is 11.1 Å². The lowest BCUT2D eigenvalue weighted by Gasteiger charge is -2.18. The maximum Gasteiger partial charge on any atom is 0.129 e. The van der Waals surface area contributed by atoms with Gasteiger partial charge in [0.05, 0.1) is 13.3 Å². The van der Waals surface area contributed by atoms with Gasteiger partial charge in [-0.3, -0.25) is 9.29 Å². The van der Waals surface area contributed by atoms with Gasteiger partial charge in [0, 0.05) is 43.4 Å². The molecule has 0 radical (unpaired) electrons. The molecule has 3 aromatic carbocycles. The van der Waals surface area contributed by atoms with Crippen LogP contribution in [0.1, 0.15) is 60.4 Å². The number of aryl methyl sites for hydroxylation is 2. The van der Waals surface area contributed by atoms with Crippen LogP contribution in [0.5, 0.6) is 11.5 Å². The zero-order chi connectivity index (χ0) is 26.5. The van der Waals surface area contributed by atoms with Gasteiger partial charge in [0.25, 0.3) is 0 Å². The number of rotatable bonds is 9. The fraction of sp³-hybridized carbons (Fsp3) is 0.394. The third-order valence-corrected chi connectivity index (χ3v) is 7.69. The Kier molecular flexibility index (Phi) is 8.33. The van der Waals surface area contributed by atoms with E-state index in [1.165, 1.54) is 27.8 Å². The highest BCUT2D eigenvalue weighted by atomic mass is 19.1. The van der Waals surface area contributed by atoms with Crippen LogP contribution in [0, 0.1) is 6.92 Å². The van der Waals surface area contributed by atoms with Gasteiger partial charge in [0.1, 0.15) is 17.6 Å². The molecule has 38 heavy (non-hydrogen) atoms. The van der Waals surface area contributed by atoms with Gasteiger partial charge in [-0.25, -0.2) is 0 Å². The Labute approximate surface area is 226 Å². The summed E-state index contributed by atoms with van der Waals surface area (Å²) >= 11 is 0. The molecule has 4 nitrogen and oxygen atoms in total. The first-order chi connectivity index (χ1) is 18.6. The normalized spacial score (nSPS) is 17.7. The number of nitrogens with zero attached hydrogens (tertiary/aromatic N) is 1. The Hall–Kier alpha value is -3.31. The molecule has 1 unspecified atom stereocenters. The molecule has 200 valence electrons. The molecule has 2 aliphatic heterocycles. The number of nitrogen functional groups attached to an aromatic ring is 1. The molecule has 0 aromatic heterocycles. The van der Waals surface area contributed by atoms with Crippen LogP contribution in [0.3, 0.4) is 0 Å². The Morgan fingerprint density at radius 2 is 1.87 bits per heavy atom. The molecule has 1 fully saturated rings. The first-order valence-corrected chi connectivity index (χ1v) is 14.0. The number of nitrogens with two attached hydrogens (primary N) is 1. The van der Waals surface area contributed by atoms with Crippen molar-refractivity contribution in [2.24, 2.45) is 0 Å². The van der Waals surface area contributed by atoms with Crippen molar-refractivity contribution in [1.29, 1.82) is 0 Å². The van der Waals surface area contributed by atoms with Crippen molar-refractivity contribution in [3.05, 3.63) is 88.5 Å². The molecular weight excluding hydrogens is 475 g/mol. The standard InChI is InChI=1S/C33H39FN2O2/c1-3-5-25-20-26(7-6-23(25)2)30-15-19-37-32-21-27(35)10-13-31(32)33(30)24-8-11-28(12-9-24)38-29-14-18-36(22-29)17-4-16-34/h6-13,20-21,29H,3-5,14-19,22,35H2,1-2H3. The summed E-state index contributed by atoms with van der Waals surface area (Å²) in [5.41, 5.74) is 15.5. The Balaban J connectivity index is 1.49. The van der Waals surface area contributed by atoms with E-state index in [1.807, 2.05) is 12.1 Å². The first-order valence-electron chi connectivity index (χ1n) is 14.0. The predicted octanol–water partition coefficient (Wildman–Crippen LogP) is 7.08. The zero-order valence-corrected chi connectivity index (χ0v) is 22.6. The number of hydrogen-bond donors (Lipinski definition) is 1. The van der Waals surface area contributed by atoms with Gasteiger partial charge in [-0.05, 0) is 83.9 Å². The van der Waals surface area contributed by atoms with E-state index in [0.717, 1.165) is 67.9 Å². The lowest BCUT2D eigenvalue weighted by Crippen LogP contribution is -2.26. The topological polar surface area (TPSA) is 47.7 Å². The predicted molar refractivity (Wildman–Crippen MR) is 155 cm³/mol. The minimum atomic E-state index is -0.259. The van der Waals surface area contributed by atoms with Crippen molar-refractivity contribution < 1.29 is 13.9 Å². The van der Waals surface area contributed by atoms with Gasteiger partial charge in [-0.2, -0.15) is 0 Å². The maximum atomic E-state index is 12.6. The fourth-order valence-electron chi connectivity index (χ4n) is 5.70. The number of ether oxygens (including phenoxy) is 2. The molecular formula is C33H39FN2O2. The van der Waals surface area contributed by atoms with E-state index in [-0.39, 0.29) is 12.8 Å². The van der Waals surface area contributed by atoms with Gasteiger partial charge in [-0.15, -0.1) is 0 Å². The summed E-state index contributed by atoms with van der Waals surface area (Å²) in [4.78, 5) is 2.29. The molecule has 5 rings (SSSR count). The van der Waals surface area contributed by atoms with Crippen LogP contribution >= 0.6 is 0 Å². The van der Waals surface area contributed by atoms with Crippen LogP contribution in [-0.4, -0.2) is 43.9 Å². The Bertz CT molecular complexity index is 1280. The van der Waals surface area contributed by atoms with Crippen molar-refractivity contribution in [2.75, 3.05) is 38.6 Å². The quantitative estimate of drug-likeness (QED) is 0.310. The number of halogens is 1. The summed E-state index contributed by atoms with van der Waals surface area (Å²) in [6.45, 7) is 7.40. The third-order valence-electron chi connectivity index (χ3n) is 7.69. The van der Waals surface area contributed by atoms with Crippen molar-refractivity contribution in [3.8, 4) is 11.5 Å². The highest BCUT2D eigenvalue weighted by molar-refractivity contribution is 6.00. The molecule has 5 heteroatoms. The van der Waals surface area contributed by atoms with Gasteiger partial charge in [-0.1, -0.05) is 43.7 Å². The molecule has 2 heterocycles. The van der Waals surface area contributed by atoms with Crippen molar-refractivity contribution >= 4 is 16.8 Å². The van der Waals surface area contributed by atoms with Crippen molar-refractivity contribution in [2.45, 2.75) is 52.1 Å². The van der Waals surface area contributed by atoms with Crippen LogP contribution in [0.2, 0.25) is 0 Å². The second-order valence-electron chi connectivity index (χ2n) is 10.5. The molecule has 0 bridgehead atoms. The highest BCUT2D eigenvalue weighted by Crippen LogP contribution is 2.42. The summed E-state index contributed by atoms with van der Waals surface area (Å²) in [6.07, 6.45) is 4.73.